The van der Waals surface area contributed by atoms with Gasteiger partial charge in [0, 0.05) is 36.2 Å². The second kappa shape index (κ2) is 5.25. The molecule has 1 aliphatic carbocycles. The Morgan fingerprint density at radius 1 is 1.34 bits per heavy atom. The molecule has 4 heterocycles. The number of amides is 1. The maximum absolute atomic E-state index is 13.1. The Morgan fingerprint density at radius 3 is 2.83 bits per heavy atom. The van der Waals surface area contributed by atoms with Crippen LogP contribution in [-0.4, -0.2) is 78.2 Å². The molecular weight excluding hydrogens is 372 g/mol. The summed E-state index contributed by atoms with van der Waals surface area (Å²) >= 11 is 0. The van der Waals surface area contributed by atoms with E-state index in [9.17, 15) is 15.0 Å². The maximum atomic E-state index is 13.1. The van der Waals surface area contributed by atoms with Crippen LogP contribution in [0.15, 0.2) is 18.2 Å². The van der Waals surface area contributed by atoms with E-state index in [0.717, 1.165) is 17.9 Å². The molecule has 0 aromatic heterocycles. The molecule has 1 spiro atoms. The minimum absolute atomic E-state index is 0.104. The standard InChI is InChI=1S/C22H28N2O5/c1-4-20-15-10-16(26)24-8-7-21(17(20)24)13-6-5-12(28-3)9-14(13)23(2)18(21)22(11-25,29-15)19(20)27/h5-6,9,15,17-19,25,27H,4,7-8,10-11H2,1-3H3/t15?,17-,18+,19-,20+,21+,22+/m1/s1. The number of nitrogens with zero attached hydrogens (tertiary/aromatic N) is 2. The molecule has 4 aliphatic heterocycles. The van der Waals surface area contributed by atoms with Crippen LogP contribution in [0.25, 0.3) is 0 Å². The molecule has 7 heteroatoms. The zero-order chi connectivity index (χ0) is 20.3. The van der Waals surface area contributed by atoms with E-state index in [4.69, 9.17) is 9.47 Å². The Kier molecular flexibility index (Phi) is 3.26. The van der Waals surface area contributed by atoms with Gasteiger partial charge in [-0.15, -0.1) is 0 Å². The van der Waals surface area contributed by atoms with Gasteiger partial charge in [-0.05, 0) is 24.5 Å². The number of aliphatic hydroxyl groups excluding tert-OH is 2. The molecule has 2 bridgehead atoms. The van der Waals surface area contributed by atoms with Crippen molar-refractivity contribution in [2.45, 2.75) is 61.5 Å². The van der Waals surface area contributed by atoms with E-state index in [-0.39, 0.29) is 42.5 Å². The molecule has 1 aromatic rings. The lowest BCUT2D eigenvalue weighted by molar-refractivity contribution is -0.161. The summed E-state index contributed by atoms with van der Waals surface area (Å²) in [6.07, 6.45) is 0.609. The third-order valence-corrected chi connectivity index (χ3v) is 8.97. The monoisotopic (exact) mass is 400 g/mol. The second-order valence-electron chi connectivity index (χ2n) is 9.47. The number of carbonyl (C=O) groups is 1. The summed E-state index contributed by atoms with van der Waals surface area (Å²) < 4.78 is 12.0. The van der Waals surface area contributed by atoms with Crippen LogP contribution in [0.3, 0.4) is 0 Å². The lowest BCUT2D eigenvalue weighted by atomic mass is 9.48. The van der Waals surface area contributed by atoms with Gasteiger partial charge < -0.3 is 29.5 Å². The molecule has 5 aliphatic rings. The van der Waals surface area contributed by atoms with Gasteiger partial charge in [-0.1, -0.05) is 13.0 Å². The molecule has 7 atom stereocenters. The van der Waals surface area contributed by atoms with E-state index < -0.39 is 17.1 Å². The number of carbonyl (C=O) groups excluding carboxylic acids is 1. The first-order valence-electron chi connectivity index (χ1n) is 10.6. The molecule has 2 N–H and O–H groups in total. The number of hydrogen-bond donors (Lipinski definition) is 2. The molecule has 1 saturated carbocycles. The van der Waals surface area contributed by atoms with E-state index >= 15 is 0 Å². The van der Waals surface area contributed by atoms with Crippen LogP contribution >= 0.6 is 0 Å². The third-order valence-electron chi connectivity index (χ3n) is 8.97. The summed E-state index contributed by atoms with van der Waals surface area (Å²) in [6, 6.07) is 5.74. The van der Waals surface area contributed by atoms with Gasteiger partial charge in [0.25, 0.3) is 0 Å². The molecule has 3 saturated heterocycles. The van der Waals surface area contributed by atoms with Crippen molar-refractivity contribution in [1.82, 2.24) is 4.90 Å². The first-order chi connectivity index (χ1) is 13.9. The summed E-state index contributed by atoms with van der Waals surface area (Å²) in [7, 11) is 3.66. The van der Waals surface area contributed by atoms with Gasteiger partial charge >= 0.3 is 0 Å². The molecule has 6 rings (SSSR count). The summed E-state index contributed by atoms with van der Waals surface area (Å²) in [4.78, 5) is 17.3. The lowest BCUT2D eigenvalue weighted by Crippen LogP contribution is -2.77. The number of ether oxygens (including phenoxy) is 2. The van der Waals surface area contributed by atoms with Crippen molar-refractivity contribution in [3.8, 4) is 5.75 Å². The van der Waals surface area contributed by atoms with Crippen molar-refractivity contribution >= 4 is 11.6 Å². The van der Waals surface area contributed by atoms with Crippen LogP contribution in [0.5, 0.6) is 5.75 Å². The summed E-state index contributed by atoms with van der Waals surface area (Å²) in [5.41, 5.74) is 0.164. The molecule has 4 fully saturated rings. The number of aliphatic hydroxyl groups is 2. The molecule has 1 aromatic carbocycles. The highest BCUT2D eigenvalue weighted by atomic mass is 16.6. The number of hydrogen-bond acceptors (Lipinski definition) is 6. The average molecular weight is 400 g/mol. The highest BCUT2D eigenvalue weighted by Crippen LogP contribution is 2.71. The molecule has 156 valence electrons. The first-order valence-corrected chi connectivity index (χ1v) is 10.6. The Morgan fingerprint density at radius 2 is 2.14 bits per heavy atom. The maximum Gasteiger partial charge on any atom is 0.225 e. The number of benzene rings is 1. The van der Waals surface area contributed by atoms with E-state index in [1.807, 2.05) is 24.1 Å². The lowest BCUT2D eigenvalue weighted by Gasteiger charge is -2.60. The summed E-state index contributed by atoms with van der Waals surface area (Å²) in [5, 5.41) is 22.4. The van der Waals surface area contributed by atoms with Crippen LogP contribution in [-0.2, 0) is 14.9 Å². The molecule has 1 unspecified atom stereocenters. The number of methoxy groups -OCH3 is 1. The average Bonchev–Trinajstić information content (AvgIpc) is 3.31. The Hall–Kier alpha value is -1.83. The number of piperidine rings is 1. The molecule has 29 heavy (non-hydrogen) atoms. The van der Waals surface area contributed by atoms with Gasteiger partial charge in [0.1, 0.15) is 11.4 Å². The van der Waals surface area contributed by atoms with Crippen LogP contribution in [0, 0.1) is 5.41 Å². The predicted molar refractivity (Wildman–Crippen MR) is 105 cm³/mol. The van der Waals surface area contributed by atoms with Crippen molar-refractivity contribution in [3.63, 3.8) is 0 Å². The fourth-order valence-electron chi connectivity index (χ4n) is 8.12. The molecule has 0 radical (unpaired) electrons. The number of anilines is 1. The first kappa shape index (κ1) is 18.0. The van der Waals surface area contributed by atoms with E-state index in [1.54, 1.807) is 7.11 Å². The van der Waals surface area contributed by atoms with Crippen molar-refractivity contribution < 1.29 is 24.5 Å². The van der Waals surface area contributed by atoms with Crippen molar-refractivity contribution in [3.05, 3.63) is 23.8 Å². The van der Waals surface area contributed by atoms with Gasteiger partial charge in [0.05, 0.1) is 44.4 Å². The third kappa shape index (κ3) is 1.59. The number of rotatable bonds is 3. The normalized spacial score (nSPS) is 46.2. The van der Waals surface area contributed by atoms with Crippen LogP contribution in [0.4, 0.5) is 5.69 Å². The Balaban J connectivity index is 1.69. The highest BCUT2D eigenvalue weighted by Gasteiger charge is 2.84. The topological polar surface area (TPSA) is 82.5 Å². The molecule has 1 amide bonds. The van der Waals surface area contributed by atoms with Gasteiger partial charge in [0.2, 0.25) is 5.91 Å². The van der Waals surface area contributed by atoms with E-state index in [1.165, 1.54) is 5.56 Å². The van der Waals surface area contributed by atoms with Gasteiger partial charge in [-0.3, -0.25) is 4.79 Å². The zero-order valence-electron chi connectivity index (χ0n) is 17.1. The van der Waals surface area contributed by atoms with Gasteiger partial charge in [0.15, 0.2) is 0 Å². The van der Waals surface area contributed by atoms with E-state index in [0.29, 0.717) is 13.0 Å². The van der Waals surface area contributed by atoms with Crippen LogP contribution in [0.1, 0.15) is 31.7 Å². The van der Waals surface area contributed by atoms with Crippen molar-refractivity contribution in [2.75, 3.05) is 32.2 Å². The Bertz CT molecular complexity index is 922. The van der Waals surface area contributed by atoms with Crippen LogP contribution in [0.2, 0.25) is 0 Å². The smallest absolute Gasteiger partial charge is 0.225 e. The highest BCUT2D eigenvalue weighted by molar-refractivity contribution is 5.82. The summed E-state index contributed by atoms with van der Waals surface area (Å²) in [6.45, 7) is 2.50. The number of likely N-dealkylation sites (N-methyl/N-ethyl adjacent to an activating group) is 1. The largest absolute Gasteiger partial charge is 0.497 e. The zero-order valence-corrected chi connectivity index (χ0v) is 17.1. The minimum atomic E-state index is -1.11. The molecular formula is C22H28N2O5. The number of fused-ring (bicyclic) bond motifs is 3. The van der Waals surface area contributed by atoms with Crippen molar-refractivity contribution in [1.29, 1.82) is 0 Å². The fraction of sp³-hybridized carbons (Fsp3) is 0.682. The van der Waals surface area contributed by atoms with E-state index in [2.05, 4.69) is 17.9 Å². The Labute approximate surface area is 170 Å². The minimum Gasteiger partial charge on any atom is -0.497 e. The van der Waals surface area contributed by atoms with Crippen LogP contribution < -0.4 is 9.64 Å². The second-order valence-corrected chi connectivity index (χ2v) is 9.47. The predicted octanol–water partition coefficient (Wildman–Crippen LogP) is 0.657. The quantitative estimate of drug-likeness (QED) is 0.776. The molecule has 7 nitrogen and oxygen atoms in total. The SMILES string of the molecule is CC[C@@]12C3CC(=O)N4CC[C@]5(c6ccc(OC)cc6N(C)[C@@H]5[C@](CO)(O3)[C@@H]1O)[C@H]42. The van der Waals surface area contributed by atoms with Gasteiger partial charge in [-0.2, -0.15) is 0 Å². The van der Waals surface area contributed by atoms with Crippen molar-refractivity contribution in [2.24, 2.45) is 5.41 Å². The fourth-order valence-corrected chi connectivity index (χ4v) is 8.12. The summed E-state index contributed by atoms with van der Waals surface area (Å²) in [5.74, 6) is 0.875. The van der Waals surface area contributed by atoms with Gasteiger partial charge in [-0.25, -0.2) is 0 Å².